The molecule has 0 aliphatic carbocycles. The molecule has 21 heavy (non-hydrogen) atoms. The summed E-state index contributed by atoms with van der Waals surface area (Å²) >= 11 is 0. The predicted molar refractivity (Wildman–Crippen MR) is 81.6 cm³/mol. The van der Waals surface area contributed by atoms with E-state index in [1.54, 1.807) is 27.2 Å². The van der Waals surface area contributed by atoms with Crippen LogP contribution in [0.25, 0.3) is 0 Å². The lowest BCUT2D eigenvalue weighted by molar-refractivity contribution is 0.299. The third-order valence-corrected chi connectivity index (χ3v) is 4.34. The van der Waals surface area contributed by atoms with Gasteiger partial charge in [-0.05, 0) is 56.1 Å². The van der Waals surface area contributed by atoms with Gasteiger partial charge in [-0.1, -0.05) is 0 Å². The average molecular weight is 296 g/mol. The van der Waals surface area contributed by atoms with Gasteiger partial charge in [-0.3, -0.25) is 4.90 Å². The number of nitrogens with zero attached hydrogens (tertiary/aromatic N) is 1. The molecular formula is C16H25FN2O2. The SMILES string of the molecule is COc1cc(C(C)F)c(C2CC(CN)CN2C)cc1OC. The third-order valence-electron chi connectivity index (χ3n) is 4.34. The standard InChI is InChI=1S/C16H25FN2O2/c1-10(17)12-6-15(20-3)16(21-4)7-13(12)14-5-11(8-18)9-19(14)2/h6-7,10-11,14H,5,8-9,18H2,1-4H3. The molecule has 0 radical (unpaired) electrons. The highest BCUT2D eigenvalue weighted by Gasteiger charge is 2.32. The summed E-state index contributed by atoms with van der Waals surface area (Å²) in [5.74, 6) is 1.66. The van der Waals surface area contributed by atoms with Crippen molar-refractivity contribution in [3.05, 3.63) is 23.3 Å². The summed E-state index contributed by atoms with van der Waals surface area (Å²) in [6.45, 7) is 3.16. The topological polar surface area (TPSA) is 47.7 Å². The van der Waals surface area contributed by atoms with Crippen molar-refractivity contribution in [3.63, 3.8) is 0 Å². The molecule has 1 saturated heterocycles. The molecule has 1 aromatic carbocycles. The molecule has 1 aliphatic heterocycles. The van der Waals surface area contributed by atoms with Crippen molar-refractivity contribution in [1.29, 1.82) is 0 Å². The summed E-state index contributed by atoms with van der Waals surface area (Å²) < 4.78 is 24.7. The van der Waals surface area contributed by atoms with Crippen LogP contribution in [0.5, 0.6) is 11.5 Å². The lowest BCUT2D eigenvalue weighted by Crippen LogP contribution is -2.21. The molecule has 3 unspecified atom stereocenters. The molecule has 5 heteroatoms. The monoisotopic (exact) mass is 296 g/mol. The van der Waals surface area contributed by atoms with E-state index in [1.807, 2.05) is 6.07 Å². The number of rotatable bonds is 5. The van der Waals surface area contributed by atoms with Crippen molar-refractivity contribution in [1.82, 2.24) is 4.90 Å². The number of halogens is 1. The van der Waals surface area contributed by atoms with E-state index in [1.165, 1.54) is 0 Å². The smallest absolute Gasteiger partial charge is 0.161 e. The average Bonchev–Trinajstić information content (AvgIpc) is 2.86. The van der Waals surface area contributed by atoms with Crippen LogP contribution < -0.4 is 15.2 Å². The van der Waals surface area contributed by atoms with Gasteiger partial charge in [0, 0.05) is 12.6 Å². The van der Waals surface area contributed by atoms with Crippen LogP contribution in [0, 0.1) is 5.92 Å². The van der Waals surface area contributed by atoms with E-state index in [9.17, 15) is 4.39 Å². The number of ether oxygens (including phenoxy) is 2. The van der Waals surface area contributed by atoms with Gasteiger partial charge < -0.3 is 15.2 Å². The van der Waals surface area contributed by atoms with Crippen LogP contribution >= 0.6 is 0 Å². The van der Waals surface area contributed by atoms with Crippen molar-refractivity contribution < 1.29 is 13.9 Å². The largest absolute Gasteiger partial charge is 0.493 e. The first-order chi connectivity index (χ1) is 10.0. The molecule has 2 N–H and O–H groups in total. The maximum atomic E-state index is 14.1. The van der Waals surface area contributed by atoms with Crippen molar-refractivity contribution in [2.75, 3.05) is 34.4 Å². The van der Waals surface area contributed by atoms with Crippen LogP contribution in [0.1, 0.15) is 36.7 Å². The van der Waals surface area contributed by atoms with Crippen molar-refractivity contribution in [2.24, 2.45) is 11.7 Å². The lowest BCUT2D eigenvalue weighted by Gasteiger charge is -2.24. The predicted octanol–water partition coefficient (Wildman–Crippen LogP) is 2.69. The Labute approximate surface area is 126 Å². The molecule has 2 rings (SSSR count). The number of nitrogens with two attached hydrogens (primary N) is 1. The summed E-state index contributed by atoms with van der Waals surface area (Å²) in [6.07, 6.45) is -0.104. The Hall–Kier alpha value is -1.33. The minimum absolute atomic E-state index is 0.173. The number of benzene rings is 1. The zero-order valence-corrected chi connectivity index (χ0v) is 13.2. The minimum atomic E-state index is -1.05. The highest BCUT2D eigenvalue weighted by Crippen LogP contribution is 2.42. The van der Waals surface area contributed by atoms with E-state index in [0.717, 1.165) is 18.5 Å². The number of methoxy groups -OCH3 is 2. The van der Waals surface area contributed by atoms with Crippen LogP contribution in [0.15, 0.2) is 12.1 Å². The van der Waals surface area contributed by atoms with Crippen LogP contribution in [0.2, 0.25) is 0 Å². The minimum Gasteiger partial charge on any atom is -0.493 e. The Morgan fingerprint density at radius 1 is 1.33 bits per heavy atom. The molecule has 1 aliphatic rings. The number of likely N-dealkylation sites (tertiary alicyclic amines) is 1. The van der Waals surface area contributed by atoms with Gasteiger partial charge in [-0.2, -0.15) is 0 Å². The third kappa shape index (κ3) is 3.14. The van der Waals surface area contributed by atoms with E-state index < -0.39 is 6.17 Å². The molecule has 0 bridgehead atoms. The molecular weight excluding hydrogens is 271 g/mol. The molecule has 1 heterocycles. The number of alkyl halides is 1. The molecule has 118 valence electrons. The van der Waals surface area contributed by atoms with Gasteiger partial charge in [0.1, 0.15) is 6.17 Å². The molecule has 3 atom stereocenters. The van der Waals surface area contributed by atoms with Gasteiger partial charge in [-0.25, -0.2) is 4.39 Å². The van der Waals surface area contributed by atoms with E-state index in [2.05, 4.69) is 11.9 Å². The van der Waals surface area contributed by atoms with Crippen LogP contribution in [0.3, 0.4) is 0 Å². The zero-order valence-electron chi connectivity index (χ0n) is 13.2. The molecule has 0 spiro atoms. The highest BCUT2D eigenvalue weighted by molar-refractivity contribution is 5.49. The van der Waals surface area contributed by atoms with Crippen molar-refractivity contribution in [2.45, 2.75) is 25.6 Å². The van der Waals surface area contributed by atoms with E-state index >= 15 is 0 Å². The fraction of sp³-hybridized carbons (Fsp3) is 0.625. The first kappa shape index (κ1) is 16.0. The number of hydrogen-bond acceptors (Lipinski definition) is 4. The van der Waals surface area contributed by atoms with Gasteiger partial charge in [0.15, 0.2) is 11.5 Å². The van der Waals surface area contributed by atoms with Gasteiger partial charge in [-0.15, -0.1) is 0 Å². The Kier molecular flexibility index (Phi) is 5.06. The van der Waals surface area contributed by atoms with Gasteiger partial charge in [0.2, 0.25) is 0 Å². The molecule has 0 aromatic heterocycles. The van der Waals surface area contributed by atoms with Crippen molar-refractivity contribution in [3.8, 4) is 11.5 Å². The Bertz CT molecular complexity index is 493. The summed E-state index contributed by atoms with van der Waals surface area (Å²) in [7, 11) is 5.22. The van der Waals surface area contributed by atoms with Crippen LogP contribution in [-0.4, -0.2) is 39.3 Å². The van der Waals surface area contributed by atoms with Gasteiger partial charge >= 0.3 is 0 Å². The van der Waals surface area contributed by atoms with Gasteiger partial charge in [0.25, 0.3) is 0 Å². The maximum absolute atomic E-state index is 14.1. The molecule has 0 saturated carbocycles. The number of hydrogen-bond donors (Lipinski definition) is 1. The quantitative estimate of drug-likeness (QED) is 0.907. The lowest BCUT2D eigenvalue weighted by atomic mass is 9.93. The second-order valence-corrected chi connectivity index (χ2v) is 5.74. The fourth-order valence-corrected chi connectivity index (χ4v) is 3.18. The summed E-state index contributed by atoms with van der Waals surface area (Å²) in [6, 6.07) is 3.83. The Morgan fingerprint density at radius 2 is 1.95 bits per heavy atom. The Morgan fingerprint density at radius 3 is 2.43 bits per heavy atom. The van der Waals surface area contributed by atoms with Gasteiger partial charge in [0.05, 0.1) is 14.2 Å². The fourth-order valence-electron chi connectivity index (χ4n) is 3.18. The van der Waals surface area contributed by atoms with Crippen molar-refractivity contribution >= 4 is 0 Å². The maximum Gasteiger partial charge on any atom is 0.161 e. The molecule has 1 fully saturated rings. The Balaban J connectivity index is 2.46. The zero-order chi connectivity index (χ0) is 15.6. The van der Waals surface area contributed by atoms with Crippen LogP contribution in [0.4, 0.5) is 4.39 Å². The molecule has 4 nitrogen and oxygen atoms in total. The van der Waals surface area contributed by atoms with E-state index in [4.69, 9.17) is 15.2 Å². The second-order valence-electron chi connectivity index (χ2n) is 5.74. The highest BCUT2D eigenvalue weighted by atomic mass is 19.1. The summed E-state index contributed by atoms with van der Waals surface area (Å²) in [5, 5.41) is 0. The first-order valence-corrected chi connectivity index (χ1v) is 7.32. The van der Waals surface area contributed by atoms with E-state index in [-0.39, 0.29) is 6.04 Å². The summed E-state index contributed by atoms with van der Waals surface area (Å²) in [5.41, 5.74) is 7.43. The van der Waals surface area contributed by atoms with E-state index in [0.29, 0.717) is 29.5 Å². The normalized spacial score (nSPS) is 24.1. The first-order valence-electron chi connectivity index (χ1n) is 7.32. The summed E-state index contributed by atoms with van der Waals surface area (Å²) in [4.78, 5) is 2.24. The molecule has 0 amide bonds. The second kappa shape index (κ2) is 6.62. The van der Waals surface area contributed by atoms with Crippen LogP contribution in [-0.2, 0) is 0 Å². The molecule has 1 aromatic rings.